The van der Waals surface area contributed by atoms with Gasteiger partial charge < -0.3 is 4.42 Å². The number of rotatable bonds is 5. The highest BCUT2D eigenvalue weighted by atomic mass is 16.3. The highest BCUT2D eigenvalue weighted by Gasteiger charge is 2.15. The minimum absolute atomic E-state index is 0.844. The van der Waals surface area contributed by atoms with Crippen LogP contribution in [0.5, 0.6) is 0 Å². The first kappa shape index (κ1) is 33.2. The molecule has 0 spiro atoms. The summed E-state index contributed by atoms with van der Waals surface area (Å²) >= 11 is 0. The lowest BCUT2D eigenvalue weighted by molar-refractivity contribution is 0.670. The molecule has 5 aromatic heterocycles. The molecule has 12 aromatic rings. The number of para-hydroxylation sites is 2. The second kappa shape index (κ2) is 13.3. The van der Waals surface area contributed by atoms with E-state index in [0.717, 1.165) is 122 Å². The average Bonchev–Trinajstić information content (AvgIpc) is 3.70. The summed E-state index contributed by atoms with van der Waals surface area (Å²) < 4.78 is 6.38. The van der Waals surface area contributed by atoms with E-state index in [-0.39, 0.29) is 0 Å². The van der Waals surface area contributed by atoms with Crippen molar-refractivity contribution in [2.24, 2.45) is 0 Å². The van der Waals surface area contributed by atoms with Gasteiger partial charge in [0.15, 0.2) is 0 Å². The number of fused-ring (bicyclic) bond motifs is 9. The van der Waals surface area contributed by atoms with Gasteiger partial charge in [0.25, 0.3) is 0 Å². The average molecular weight is 753 g/mol. The van der Waals surface area contributed by atoms with Crippen molar-refractivity contribution in [2.75, 3.05) is 0 Å². The van der Waals surface area contributed by atoms with E-state index in [0.29, 0.717) is 0 Å². The second-order valence-corrected chi connectivity index (χ2v) is 15.0. The Morgan fingerprint density at radius 1 is 0.322 bits per heavy atom. The lowest BCUT2D eigenvalue weighted by Crippen LogP contribution is -1.91. The third-order valence-electron chi connectivity index (χ3n) is 11.5. The molecule has 0 saturated heterocycles. The standard InChI is InChI=1S/C54H32N4O/c1-2-18-49-43(15-1)44-16-6-17-45(54(44)59-49)48-28-25-36-22-21-35-24-27-47(57-52(35)53(36)58-48)42-13-5-11-40(32-42)38-9-3-8-37(30-38)39-10-4-12-41(31-39)46-26-23-34-20-19-33-14-7-29-55-50(33)51(34)56-46/h1-32H. The van der Waals surface area contributed by atoms with Gasteiger partial charge in [0.1, 0.15) is 11.2 Å². The smallest absolute Gasteiger partial charge is 0.144 e. The molecular weight excluding hydrogens is 721 g/mol. The van der Waals surface area contributed by atoms with E-state index < -0.39 is 0 Å². The van der Waals surface area contributed by atoms with Gasteiger partial charge in [-0.15, -0.1) is 0 Å². The number of aromatic nitrogens is 4. The summed E-state index contributed by atoms with van der Waals surface area (Å²) in [5, 5.41) is 6.44. The molecule has 0 bridgehead atoms. The Bertz CT molecular complexity index is 3640. The normalized spacial score (nSPS) is 11.7. The maximum absolute atomic E-state index is 6.38. The van der Waals surface area contributed by atoms with Crippen molar-refractivity contribution in [3.63, 3.8) is 0 Å². The molecule has 0 aliphatic rings. The largest absolute Gasteiger partial charge is 0.455 e. The van der Waals surface area contributed by atoms with E-state index in [9.17, 15) is 0 Å². The van der Waals surface area contributed by atoms with E-state index >= 15 is 0 Å². The lowest BCUT2D eigenvalue weighted by Gasteiger charge is -2.11. The Morgan fingerprint density at radius 2 is 0.780 bits per heavy atom. The highest BCUT2D eigenvalue weighted by Crippen LogP contribution is 2.37. The summed E-state index contributed by atoms with van der Waals surface area (Å²) in [6.07, 6.45) is 1.83. The molecule has 274 valence electrons. The summed E-state index contributed by atoms with van der Waals surface area (Å²) in [5.74, 6) is 0. The summed E-state index contributed by atoms with van der Waals surface area (Å²) in [5.41, 5.74) is 15.6. The fourth-order valence-corrected chi connectivity index (χ4v) is 8.51. The summed E-state index contributed by atoms with van der Waals surface area (Å²) in [7, 11) is 0. The van der Waals surface area contributed by atoms with Crippen LogP contribution in [0.4, 0.5) is 0 Å². The molecule has 0 radical (unpaired) electrons. The second-order valence-electron chi connectivity index (χ2n) is 15.0. The van der Waals surface area contributed by atoms with Crippen molar-refractivity contribution in [3.8, 4) is 56.0 Å². The van der Waals surface area contributed by atoms with Crippen LogP contribution in [0.1, 0.15) is 0 Å². The zero-order chi connectivity index (χ0) is 38.9. The van der Waals surface area contributed by atoms with E-state index in [1.165, 1.54) is 0 Å². The predicted octanol–water partition coefficient (Wildman–Crippen LogP) is 14.1. The van der Waals surface area contributed by atoms with Crippen LogP contribution in [-0.2, 0) is 0 Å². The molecular formula is C54H32N4O. The van der Waals surface area contributed by atoms with E-state index in [1.54, 1.807) is 0 Å². The molecule has 5 heterocycles. The summed E-state index contributed by atoms with van der Waals surface area (Å²) in [6.45, 7) is 0. The fourth-order valence-electron chi connectivity index (χ4n) is 8.51. The van der Waals surface area contributed by atoms with Crippen molar-refractivity contribution in [2.45, 2.75) is 0 Å². The number of hydrogen-bond donors (Lipinski definition) is 0. The number of nitrogens with zero attached hydrogens (tertiary/aromatic N) is 4. The van der Waals surface area contributed by atoms with E-state index in [4.69, 9.17) is 19.4 Å². The number of benzene rings is 7. The predicted molar refractivity (Wildman–Crippen MR) is 242 cm³/mol. The molecule has 0 aliphatic carbocycles. The van der Waals surface area contributed by atoms with Gasteiger partial charge in [-0.05, 0) is 76.9 Å². The SMILES string of the molecule is c1cc(-c2cccc(-c3ccc4ccc5cccnc5c4n3)c2)cc(-c2cccc(-c3ccc4ccc5ccc(-c6cccc7c6oc6ccccc67)nc5c4n3)c2)c1. The Morgan fingerprint density at radius 3 is 1.41 bits per heavy atom. The first-order valence-electron chi connectivity index (χ1n) is 19.8. The summed E-state index contributed by atoms with van der Waals surface area (Å²) in [4.78, 5) is 20.3. The third-order valence-corrected chi connectivity index (χ3v) is 11.5. The Labute approximate surface area is 338 Å². The highest BCUT2D eigenvalue weighted by molar-refractivity contribution is 6.10. The molecule has 0 saturated carbocycles. The Kier molecular flexibility index (Phi) is 7.47. The van der Waals surface area contributed by atoms with Crippen molar-refractivity contribution in [1.29, 1.82) is 0 Å². The van der Waals surface area contributed by atoms with Gasteiger partial charge in [0.05, 0.1) is 39.1 Å². The van der Waals surface area contributed by atoms with Crippen LogP contribution < -0.4 is 0 Å². The van der Waals surface area contributed by atoms with E-state index in [2.05, 4.69) is 169 Å². The molecule has 7 aromatic carbocycles. The van der Waals surface area contributed by atoms with Crippen LogP contribution >= 0.6 is 0 Å². The molecule has 0 atom stereocenters. The van der Waals surface area contributed by atoms with Gasteiger partial charge in [-0.2, -0.15) is 0 Å². The van der Waals surface area contributed by atoms with Crippen LogP contribution in [0.2, 0.25) is 0 Å². The minimum Gasteiger partial charge on any atom is -0.455 e. The van der Waals surface area contributed by atoms with Gasteiger partial charge in [-0.3, -0.25) is 4.98 Å². The quantitative estimate of drug-likeness (QED) is 0.164. The molecule has 0 aliphatic heterocycles. The van der Waals surface area contributed by atoms with Crippen LogP contribution in [0, 0.1) is 0 Å². The number of hydrogen-bond acceptors (Lipinski definition) is 5. The first-order chi connectivity index (χ1) is 29.2. The van der Waals surface area contributed by atoms with Gasteiger partial charge >= 0.3 is 0 Å². The molecule has 5 heteroatoms. The van der Waals surface area contributed by atoms with Gasteiger partial charge in [-0.25, -0.2) is 15.0 Å². The van der Waals surface area contributed by atoms with Crippen molar-refractivity contribution in [3.05, 3.63) is 194 Å². The zero-order valence-corrected chi connectivity index (χ0v) is 31.7. The topological polar surface area (TPSA) is 64.7 Å². The Hall–Kier alpha value is -8.02. The monoisotopic (exact) mass is 752 g/mol. The fraction of sp³-hybridized carbons (Fsp3) is 0. The van der Waals surface area contributed by atoms with Crippen LogP contribution in [0.15, 0.2) is 199 Å². The number of pyridine rings is 4. The number of furan rings is 1. The zero-order valence-electron chi connectivity index (χ0n) is 31.7. The Balaban J connectivity index is 0.895. The summed E-state index contributed by atoms with van der Waals surface area (Å²) in [6, 6.07) is 65.7. The molecule has 0 N–H and O–H groups in total. The van der Waals surface area contributed by atoms with Gasteiger partial charge in [-0.1, -0.05) is 133 Å². The maximum atomic E-state index is 6.38. The van der Waals surface area contributed by atoms with Crippen molar-refractivity contribution >= 4 is 65.6 Å². The third kappa shape index (κ3) is 5.63. The minimum atomic E-state index is 0.844. The van der Waals surface area contributed by atoms with E-state index in [1.807, 2.05) is 30.5 Å². The molecule has 12 rings (SSSR count). The lowest BCUT2D eigenvalue weighted by atomic mass is 9.96. The molecule has 0 unspecified atom stereocenters. The van der Waals surface area contributed by atoms with Crippen LogP contribution in [0.25, 0.3) is 122 Å². The first-order valence-corrected chi connectivity index (χ1v) is 19.8. The maximum Gasteiger partial charge on any atom is 0.144 e. The molecule has 0 fully saturated rings. The molecule has 59 heavy (non-hydrogen) atoms. The van der Waals surface area contributed by atoms with Gasteiger partial charge in [0, 0.05) is 55.2 Å². The van der Waals surface area contributed by atoms with Crippen molar-refractivity contribution in [1.82, 2.24) is 19.9 Å². The van der Waals surface area contributed by atoms with Crippen molar-refractivity contribution < 1.29 is 4.42 Å². The molecule has 0 amide bonds. The van der Waals surface area contributed by atoms with Gasteiger partial charge in [0.2, 0.25) is 0 Å². The van der Waals surface area contributed by atoms with Crippen LogP contribution in [0.3, 0.4) is 0 Å². The molecule has 5 nitrogen and oxygen atoms in total. The van der Waals surface area contributed by atoms with Crippen LogP contribution in [-0.4, -0.2) is 19.9 Å².